The van der Waals surface area contributed by atoms with E-state index in [9.17, 15) is 13.2 Å². The fourth-order valence-electron chi connectivity index (χ4n) is 1.51. The normalized spacial score (nSPS) is 10.9. The van der Waals surface area contributed by atoms with Gasteiger partial charge in [0.1, 0.15) is 11.5 Å². The lowest BCUT2D eigenvalue weighted by Gasteiger charge is -2.11. The van der Waals surface area contributed by atoms with Gasteiger partial charge in [-0.1, -0.05) is 0 Å². The van der Waals surface area contributed by atoms with Crippen LogP contribution in [0.4, 0.5) is 5.69 Å². The zero-order valence-electron chi connectivity index (χ0n) is 11.3. The van der Waals surface area contributed by atoms with Crippen LogP contribution in [-0.2, 0) is 14.8 Å². The van der Waals surface area contributed by atoms with Crippen molar-refractivity contribution >= 4 is 21.7 Å². The summed E-state index contributed by atoms with van der Waals surface area (Å²) in [5, 5.41) is 8.49. The zero-order chi connectivity index (χ0) is 15.2. The first kappa shape index (κ1) is 16.1. The minimum atomic E-state index is -3.60. The molecule has 0 amide bonds. The van der Waals surface area contributed by atoms with Gasteiger partial charge in [-0.25, -0.2) is 8.42 Å². The van der Waals surface area contributed by atoms with Crippen molar-refractivity contribution in [3.05, 3.63) is 18.2 Å². The van der Waals surface area contributed by atoms with Crippen LogP contribution in [-0.4, -0.2) is 39.5 Å². The number of nitrogens with one attached hydrogen (secondary N) is 1. The number of rotatable bonds is 8. The van der Waals surface area contributed by atoms with Crippen LogP contribution in [0.25, 0.3) is 0 Å². The van der Waals surface area contributed by atoms with Gasteiger partial charge in [-0.05, 0) is 6.42 Å². The molecule has 0 unspecified atom stereocenters. The van der Waals surface area contributed by atoms with Gasteiger partial charge in [0.25, 0.3) is 0 Å². The van der Waals surface area contributed by atoms with Crippen LogP contribution in [0.2, 0.25) is 0 Å². The van der Waals surface area contributed by atoms with Crippen molar-refractivity contribution in [2.45, 2.75) is 12.8 Å². The molecule has 1 rings (SSSR count). The number of hydrogen-bond acceptors (Lipinski definition) is 5. The Morgan fingerprint density at radius 3 is 2.20 bits per heavy atom. The Labute approximate surface area is 117 Å². The number of aliphatic carboxylic acids is 1. The topological polar surface area (TPSA) is 102 Å². The number of carboxylic acids is 1. The lowest BCUT2D eigenvalue weighted by Crippen LogP contribution is -2.17. The number of benzene rings is 1. The van der Waals surface area contributed by atoms with Crippen molar-refractivity contribution in [2.24, 2.45) is 0 Å². The summed E-state index contributed by atoms with van der Waals surface area (Å²) in [5.41, 5.74) is 0.302. The molecule has 0 aliphatic carbocycles. The highest BCUT2D eigenvalue weighted by Gasteiger charge is 2.13. The molecule has 7 nitrogen and oxygen atoms in total. The van der Waals surface area contributed by atoms with Crippen molar-refractivity contribution in [2.75, 3.05) is 24.7 Å². The molecule has 0 saturated heterocycles. The Morgan fingerprint density at radius 2 is 1.75 bits per heavy atom. The summed E-state index contributed by atoms with van der Waals surface area (Å²) >= 11 is 0. The average molecular weight is 303 g/mol. The van der Waals surface area contributed by atoms with Crippen LogP contribution in [0.5, 0.6) is 11.5 Å². The number of hydrogen-bond donors (Lipinski definition) is 2. The first-order chi connectivity index (χ1) is 9.36. The number of ether oxygens (including phenoxy) is 2. The zero-order valence-corrected chi connectivity index (χ0v) is 12.1. The molecule has 0 aromatic heterocycles. The van der Waals surface area contributed by atoms with E-state index >= 15 is 0 Å². The van der Waals surface area contributed by atoms with Crippen LogP contribution < -0.4 is 14.2 Å². The van der Waals surface area contributed by atoms with Gasteiger partial charge in [-0.3, -0.25) is 9.52 Å². The van der Waals surface area contributed by atoms with Gasteiger partial charge in [0.2, 0.25) is 10.0 Å². The Bertz CT molecular complexity index is 547. The SMILES string of the molecule is COc1cc(NS(=O)(=O)CCCC(=O)O)cc(OC)c1. The predicted molar refractivity (Wildman–Crippen MR) is 73.8 cm³/mol. The van der Waals surface area contributed by atoms with E-state index in [1.165, 1.54) is 26.4 Å². The molecular formula is C12H17NO6S. The highest BCUT2D eigenvalue weighted by atomic mass is 32.2. The van der Waals surface area contributed by atoms with Crippen LogP contribution in [0.15, 0.2) is 18.2 Å². The molecule has 1 aromatic rings. The first-order valence-corrected chi connectivity index (χ1v) is 7.47. The van der Waals surface area contributed by atoms with Crippen molar-refractivity contribution in [3.8, 4) is 11.5 Å². The monoisotopic (exact) mass is 303 g/mol. The maximum Gasteiger partial charge on any atom is 0.303 e. The van der Waals surface area contributed by atoms with Gasteiger partial charge in [0, 0.05) is 24.6 Å². The number of methoxy groups -OCH3 is 2. The van der Waals surface area contributed by atoms with E-state index in [-0.39, 0.29) is 18.6 Å². The maximum atomic E-state index is 11.8. The summed E-state index contributed by atoms with van der Waals surface area (Å²) in [7, 11) is -0.688. The second kappa shape index (κ2) is 6.99. The van der Waals surface area contributed by atoms with Gasteiger partial charge in [-0.15, -0.1) is 0 Å². The predicted octanol–water partition coefficient (Wildman–Crippen LogP) is 1.31. The Kier molecular flexibility index (Phi) is 5.63. The van der Waals surface area contributed by atoms with Crippen LogP contribution in [0.3, 0.4) is 0 Å². The minimum absolute atomic E-state index is 0.0474. The van der Waals surface area contributed by atoms with Gasteiger partial charge in [0.05, 0.1) is 25.7 Å². The Hall–Kier alpha value is -1.96. The standard InChI is InChI=1S/C12H17NO6S/c1-18-10-6-9(7-11(8-10)19-2)13-20(16,17)5-3-4-12(14)15/h6-8,13H,3-5H2,1-2H3,(H,14,15). The van der Waals surface area contributed by atoms with E-state index in [1.807, 2.05) is 0 Å². The summed E-state index contributed by atoms with van der Waals surface area (Å²) in [6, 6.07) is 4.64. The minimum Gasteiger partial charge on any atom is -0.497 e. The molecule has 0 saturated carbocycles. The van der Waals surface area contributed by atoms with Crippen LogP contribution in [0.1, 0.15) is 12.8 Å². The lowest BCUT2D eigenvalue weighted by molar-refractivity contribution is -0.137. The first-order valence-electron chi connectivity index (χ1n) is 5.81. The summed E-state index contributed by atoms with van der Waals surface area (Å²) in [5.74, 6) is -0.387. The fraction of sp³-hybridized carbons (Fsp3) is 0.417. The van der Waals surface area contributed by atoms with Crippen molar-refractivity contribution in [1.29, 1.82) is 0 Å². The fourth-order valence-corrected chi connectivity index (χ4v) is 2.61. The second-order valence-corrected chi connectivity index (χ2v) is 5.86. The molecule has 20 heavy (non-hydrogen) atoms. The third-order valence-electron chi connectivity index (χ3n) is 2.43. The van der Waals surface area contributed by atoms with Crippen LogP contribution >= 0.6 is 0 Å². The second-order valence-electron chi connectivity index (χ2n) is 4.02. The van der Waals surface area contributed by atoms with E-state index in [2.05, 4.69) is 4.72 Å². The molecule has 0 atom stereocenters. The third-order valence-corrected chi connectivity index (χ3v) is 3.80. The van der Waals surface area contributed by atoms with E-state index in [1.54, 1.807) is 6.07 Å². The molecule has 1 aromatic carbocycles. The molecule has 8 heteroatoms. The highest BCUT2D eigenvalue weighted by Crippen LogP contribution is 2.26. The van der Waals surface area contributed by atoms with Crippen molar-refractivity contribution in [3.63, 3.8) is 0 Å². The summed E-state index contributed by atoms with van der Waals surface area (Å²) in [6.45, 7) is 0. The Morgan fingerprint density at radius 1 is 1.20 bits per heavy atom. The molecule has 0 bridgehead atoms. The van der Waals surface area contributed by atoms with Crippen LogP contribution in [0, 0.1) is 0 Å². The molecule has 2 N–H and O–H groups in total. The van der Waals surface area contributed by atoms with E-state index in [0.717, 1.165) is 0 Å². The Balaban J connectivity index is 2.78. The van der Waals surface area contributed by atoms with E-state index in [0.29, 0.717) is 17.2 Å². The van der Waals surface area contributed by atoms with Gasteiger partial charge < -0.3 is 14.6 Å². The maximum absolute atomic E-state index is 11.8. The van der Waals surface area contributed by atoms with Gasteiger partial charge >= 0.3 is 5.97 Å². The summed E-state index contributed by atoms with van der Waals surface area (Å²) < 4.78 is 36.0. The van der Waals surface area contributed by atoms with Gasteiger partial charge in [-0.2, -0.15) is 0 Å². The quantitative estimate of drug-likeness (QED) is 0.750. The third kappa shape index (κ3) is 5.35. The molecule has 0 spiro atoms. The smallest absolute Gasteiger partial charge is 0.303 e. The molecule has 0 radical (unpaired) electrons. The number of anilines is 1. The van der Waals surface area contributed by atoms with Gasteiger partial charge in [0.15, 0.2) is 0 Å². The number of carbonyl (C=O) groups is 1. The van der Waals surface area contributed by atoms with Crippen molar-refractivity contribution in [1.82, 2.24) is 0 Å². The number of sulfonamides is 1. The number of carboxylic acid groups (broad SMARTS) is 1. The van der Waals surface area contributed by atoms with E-state index in [4.69, 9.17) is 14.6 Å². The van der Waals surface area contributed by atoms with E-state index < -0.39 is 16.0 Å². The molecule has 0 fully saturated rings. The van der Waals surface area contributed by atoms with Crippen molar-refractivity contribution < 1.29 is 27.8 Å². The molecule has 0 aliphatic rings. The summed E-state index contributed by atoms with van der Waals surface area (Å²) in [4.78, 5) is 10.4. The average Bonchev–Trinajstić information content (AvgIpc) is 2.36. The molecular weight excluding hydrogens is 286 g/mol. The summed E-state index contributed by atoms with van der Waals surface area (Å²) in [6.07, 6.45) is -0.145. The molecule has 112 valence electrons. The molecule has 0 aliphatic heterocycles. The highest BCUT2D eigenvalue weighted by molar-refractivity contribution is 7.92. The largest absolute Gasteiger partial charge is 0.497 e. The molecule has 0 heterocycles. The lowest BCUT2D eigenvalue weighted by atomic mass is 10.3.